The number of carbonyl (C=O) groups excluding carboxylic acids is 2. The number of benzene rings is 1. The Morgan fingerprint density at radius 3 is 2.67 bits per heavy atom. The summed E-state index contributed by atoms with van der Waals surface area (Å²) in [7, 11) is 1.80. The fourth-order valence-electron chi connectivity index (χ4n) is 2.03. The van der Waals surface area contributed by atoms with Gasteiger partial charge < -0.3 is 9.80 Å². The molecule has 5 heteroatoms. The van der Waals surface area contributed by atoms with Crippen LogP contribution in [0.2, 0.25) is 0 Å². The van der Waals surface area contributed by atoms with Crippen molar-refractivity contribution < 1.29 is 9.59 Å². The van der Waals surface area contributed by atoms with Crippen LogP contribution in [0, 0.1) is 0 Å². The highest BCUT2D eigenvalue weighted by Gasteiger charge is 2.23. The summed E-state index contributed by atoms with van der Waals surface area (Å²) in [6.07, 6.45) is 0. The summed E-state index contributed by atoms with van der Waals surface area (Å²) in [6, 6.07) is 5.59. The van der Waals surface area contributed by atoms with E-state index in [-0.39, 0.29) is 11.7 Å². The molecular weight excluding hydrogens is 296 g/mol. The van der Waals surface area contributed by atoms with E-state index in [4.69, 9.17) is 0 Å². The van der Waals surface area contributed by atoms with Crippen molar-refractivity contribution in [1.29, 1.82) is 0 Å². The van der Waals surface area contributed by atoms with E-state index in [1.165, 1.54) is 0 Å². The molecule has 1 heterocycles. The lowest BCUT2D eigenvalue weighted by atomic mass is 10.1. The predicted molar refractivity (Wildman–Crippen MR) is 74.0 cm³/mol. The Morgan fingerprint density at radius 2 is 2.06 bits per heavy atom. The number of hydrogen-bond donors (Lipinski definition) is 0. The molecule has 0 aromatic heterocycles. The Labute approximate surface area is 115 Å². The summed E-state index contributed by atoms with van der Waals surface area (Å²) in [4.78, 5) is 27.1. The molecule has 0 N–H and O–H groups in total. The van der Waals surface area contributed by atoms with Gasteiger partial charge in [0.05, 0.1) is 6.54 Å². The van der Waals surface area contributed by atoms with Crippen molar-refractivity contribution in [2.75, 3.05) is 31.6 Å². The third-order valence-corrected chi connectivity index (χ3v) is 3.63. The van der Waals surface area contributed by atoms with Crippen molar-refractivity contribution >= 4 is 33.3 Å². The summed E-state index contributed by atoms with van der Waals surface area (Å²) in [5, 5.41) is 0. The molecule has 0 unspecified atom stereocenters. The van der Waals surface area contributed by atoms with Crippen molar-refractivity contribution in [2.24, 2.45) is 0 Å². The zero-order valence-corrected chi connectivity index (χ0v) is 12.0. The molecule has 1 aromatic carbocycles. The van der Waals surface area contributed by atoms with Gasteiger partial charge in [-0.2, -0.15) is 0 Å². The van der Waals surface area contributed by atoms with Crippen molar-refractivity contribution in [3.8, 4) is 0 Å². The van der Waals surface area contributed by atoms with E-state index in [1.54, 1.807) is 24.9 Å². The summed E-state index contributed by atoms with van der Waals surface area (Å²) in [6.45, 7) is 3.32. The van der Waals surface area contributed by atoms with Crippen LogP contribution in [0.25, 0.3) is 0 Å². The van der Waals surface area contributed by atoms with Gasteiger partial charge in [0.25, 0.3) is 0 Å². The third kappa shape index (κ3) is 2.56. The highest BCUT2D eigenvalue weighted by molar-refractivity contribution is 9.10. The van der Waals surface area contributed by atoms with Gasteiger partial charge in [0.15, 0.2) is 5.78 Å². The number of piperazine rings is 1. The second-order valence-electron chi connectivity index (χ2n) is 4.45. The zero-order valence-electron chi connectivity index (χ0n) is 10.4. The minimum atomic E-state index is 0.0117. The molecule has 2 rings (SSSR count). The first kappa shape index (κ1) is 13.1. The Kier molecular flexibility index (Phi) is 3.71. The molecule has 1 aliphatic rings. The van der Waals surface area contributed by atoms with Crippen LogP contribution in [-0.2, 0) is 4.79 Å². The van der Waals surface area contributed by atoms with Crippen molar-refractivity contribution in [3.63, 3.8) is 0 Å². The molecule has 0 atom stereocenters. The smallest absolute Gasteiger partial charge is 0.241 e. The molecule has 18 heavy (non-hydrogen) atoms. The molecule has 1 saturated heterocycles. The highest BCUT2D eigenvalue weighted by atomic mass is 79.9. The number of rotatable bonds is 2. The van der Waals surface area contributed by atoms with Gasteiger partial charge in [-0.25, -0.2) is 0 Å². The molecule has 1 aromatic rings. The topological polar surface area (TPSA) is 40.6 Å². The number of anilines is 1. The van der Waals surface area contributed by atoms with Crippen molar-refractivity contribution in [1.82, 2.24) is 4.90 Å². The first-order valence-electron chi connectivity index (χ1n) is 5.78. The number of nitrogens with zero attached hydrogens (tertiary/aromatic N) is 2. The summed E-state index contributed by atoms with van der Waals surface area (Å²) >= 11 is 3.36. The van der Waals surface area contributed by atoms with E-state index in [0.717, 1.165) is 16.7 Å². The van der Waals surface area contributed by atoms with E-state index in [9.17, 15) is 9.59 Å². The molecule has 0 radical (unpaired) electrons. The predicted octanol–water partition coefficient (Wildman–Crippen LogP) is 1.93. The summed E-state index contributed by atoms with van der Waals surface area (Å²) in [5.41, 5.74) is 1.49. The van der Waals surface area contributed by atoms with Gasteiger partial charge >= 0.3 is 0 Å². The van der Waals surface area contributed by atoms with E-state index in [2.05, 4.69) is 15.9 Å². The summed E-state index contributed by atoms with van der Waals surface area (Å²) < 4.78 is 0.872. The lowest BCUT2D eigenvalue weighted by Crippen LogP contribution is -2.48. The quantitative estimate of drug-likeness (QED) is 0.784. The molecule has 4 nitrogen and oxygen atoms in total. The first-order chi connectivity index (χ1) is 8.49. The maximum atomic E-state index is 11.7. The van der Waals surface area contributed by atoms with E-state index >= 15 is 0 Å². The Hall–Kier alpha value is -1.36. The average Bonchev–Trinajstić information content (AvgIpc) is 2.32. The standard InChI is InChI=1S/C13H15BrN2O2/c1-9(17)11-7-10(14)3-4-12(11)16-6-5-15(2)13(18)8-16/h3-4,7H,5-6,8H2,1-2H3. The molecule has 1 fully saturated rings. The Morgan fingerprint density at radius 1 is 1.33 bits per heavy atom. The molecule has 1 amide bonds. The van der Waals surface area contributed by atoms with E-state index in [1.807, 2.05) is 17.0 Å². The molecule has 0 saturated carbocycles. The number of halogens is 1. The van der Waals surface area contributed by atoms with Crippen LogP contribution in [0.1, 0.15) is 17.3 Å². The molecule has 0 bridgehead atoms. The second kappa shape index (κ2) is 5.10. The minimum Gasteiger partial charge on any atom is -0.360 e. The fourth-order valence-corrected chi connectivity index (χ4v) is 2.39. The fraction of sp³-hybridized carbons (Fsp3) is 0.385. The normalized spacial score (nSPS) is 16.1. The molecule has 96 valence electrons. The van der Waals surface area contributed by atoms with Crippen LogP contribution in [0.3, 0.4) is 0 Å². The van der Waals surface area contributed by atoms with Gasteiger partial charge in [-0.15, -0.1) is 0 Å². The number of Topliss-reactive ketones (excluding diaryl/α,β-unsaturated/α-hetero) is 1. The van der Waals surface area contributed by atoms with Gasteiger partial charge in [0.1, 0.15) is 0 Å². The second-order valence-corrected chi connectivity index (χ2v) is 5.37. The average molecular weight is 311 g/mol. The van der Waals surface area contributed by atoms with Crippen LogP contribution in [0.4, 0.5) is 5.69 Å². The maximum Gasteiger partial charge on any atom is 0.241 e. The molecule has 0 aliphatic carbocycles. The zero-order chi connectivity index (χ0) is 13.3. The largest absolute Gasteiger partial charge is 0.360 e. The monoisotopic (exact) mass is 310 g/mol. The van der Waals surface area contributed by atoms with E-state index < -0.39 is 0 Å². The Bertz CT molecular complexity index is 502. The number of ketones is 1. The highest BCUT2D eigenvalue weighted by Crippen LogP contribution is 2.26. The molecular formula is C13H15BrN2O2. The maximum absolute atomic E-state index is 11.7. The van der Waals surface area contributed by atoms with Crippen LogP contribution in [0.5, 0.6) is 0 Å². The van der Waals surface area contributed by atoms with Gasteiger partial charge in [0, 0.05) is 35.9 Å². The van der Waals surface area contributed by atoms with Gasteiger partial charge in [-0.1, -0.05) is 15.9 Å². The Balaban J connectivity index is 2.33. The third-order valence-electron chi connectivity index (χ3n) is 3.14. The SMILES string of the molecule is CC(=O)c1cc(Br)ccc1N1CCN(C)C(=O)C1. The minimum absolute atomic E-state index is 0.0117. The van der Waals surface area contributed by atoms with E-state index in [0.29, 0.717) is 18.7 Å². The first-order valence-corrected chi connectivity index (χ1v) is 6.57. The van der Waals surface area contributed by atoms with Gasteiger partial charge in [0.2, 0.25) is 5.91 Å². The van der Waals surface area contributed by atoms with Crippen LogP contribution in [-0.4, -0.2) is 43.3 Å². The van der Waals surface area contributed by atoms with Crippen LogP contribution >= 0.6 is 15.9 Å². The number of carbonyl (C=O) groups is 2. The van der Waals surface area contributed by atoms with Gasteiger partial charge in [-0.05, 0) is 25.1 Å². The van der Waals surface area contributed by atoms with Gasteiger partial charge in [-0.3, -0.25) is 9.59 Å². The summed E-state index contributed by atoms with van der Waals surface area (Å²) in [5.74, 6) is 0.0938. The lowest BCUT2D eigenvalue weighted by Gasteiger charge is -2.34. The number of hydrogen-bond acceptors (Lipinski definition) is 3. The van der Waals surface area contributed by atoms with Crippen LogP contribution < -0.4 is 4.90 Å². The lowest BCUT2D eigenvalue weighted by molar-refractivity contribution is -0.129. The number of likely N-dealkylation sites (N-methyl/N-ethyl adjacent to an activating group) is 1. The van der Waals surface area contributed by atoms with Crippen LogP contribution in [0.15, 0.2) is 22.7 Å². The van der Waals surface area contributed by atoms with Crippen molar-refractivity contribution in [2.45, 2.75) is 6.92 Å². The number of amides is 1. The molecule has 1 aliphatic heterocycles. The molecule has 0 spiro atoms. The van der Waals surface area contributed by atoms with Crippen molar-refractivity contribution in [3.05, 3.63) is 28.2 Å².